The Morgan fingerprint density at radius 3 is 2.15 bits per heavy atom. The van der Waals surface area contributed by atoms with Gasteiger partial charge in [0, 0.05) is 19.9 Å². The van der Waals surface area contributed by atoms with Crippen molar-refractivity contribution < 1.29 is 42.3 Å². The van der Waals surface area contributed by atoms with Gasteiger partial charge in [0.15, 0.2) is 5.65 Å². The van der Waals surface area contributed by atoms with Gasteiger partial charge in [0.05, 0.1) is 27.9 Å². The van der Waals surface area contributed by atoms with Crippen LogP contribution in [0.4, 0.5) is 5.95 Å². The van der Waals surface area contributed by atoms with E-state index < -0.39 is 56.2 Å². The Morgan fingerprint density at radius 1 is 1.12 bits per heavy atom. The van der Waals surface area contributed by atoms with Crippen LogP contribution >= 0.6 is 8.17 Å². The van der Waals surface area contributed by atoms with Crippen molar-refractivity contribution in [2.45, 2.75) is 60.6 Å². The van der Waals surface area contributed by atoms with Crippen molar-refractivity contribution in [3.05, 3.63) is 22.1 Å². The van der Waals surface area contributed by atoms with Gasteiger partial charge in [0.1, 0.15) is 6.61 Å². The number of carbonyl (C=O) groups excluding carboxylic acids is 2. The molecule has 1 unspecified atom stereocenters. The fourth-order valence-corrected chi connectivity index (χ4v) is 4.01. The highest BCUT2D eigenvalue weighted by Gasteiger charge is 2.47. The number of ether oxygens (including phenoxy) is 3. The van der Waals surface area contributed by atoms with Gasteiger partial charge in [-0.1, -0.05) is 5.92 Å². The number of aryl methyl sites for hydroxylation is 1. The zero-order valence-corrected chi connectivity index (χ0v) is 24.7. The topological polar surface area (TPSA) is 186 Å². The van der Waals surface area contributed by atoms with E-state index in [-0.39, 0.29) is 17.9 Å². The summed E-state index contributed by atoms with van der Waals surface area (Å²) in [7, 11) is -2.71. The maximum Gasteiger partial charge on any atom is 0.579 e. The monoisotopic (exact) mass is 585 g/mol. The van der Waals surface area contributed by atoms with Gasteiger partial charge in [-0.05, 0) is 48.0 Å². The molecule has 0 radical (unpaired) electrons. The van der Waals surface area contributed by atoms with Gasteiger partial charge in [0.25, 0.3) is 5.56 Å². The lowest BCUT2D eigenvalue weighted by Gasteiger charge is -2.21. The van der Waals surface area contributed by atoms with Crippen molar-refractivity contribution in [1.82, 2.24) is 14.5 Å². The summed E-state index contributed by atoms with van der Waals surface area (Å²) in [5.41, 5.74) is 4.28. The summed E-state index contributed by atoms with van der Waals surface area (Å²) in [4.78, 5) is 54.0. The first-order valence-corrected chi connectivity index (χ1v) is 13.8. The van der Waals surface area contributed by atoms with E-state index in [0.29, 0.717) is 24.2 Å². The molecule has 0 saturated carbocycles. The van der Waals surface area contributed by atoms with E-state index in [2.05, 4.69) is 15.9 Å². The number of rotatable bonds is 13. The second kappa shape index (κ2) is 13.5. The van der Waals surface area contributed by atoms with Crippen molar-refractivity contribution in [2.24, 2.45) is 10.8 Å². The van der Waals surface area contributed by atoms with Crippen molar-refractivity contribution in [3.8, 4) is 12.3 Å². The minimum atomic E-state index is -4.14. The molecular weight excluding hydrogens is 547 g/mol. The fourth-order valence-electron chi connectivity index (χ4n) is 3.06. The van der Waals surface area contributed by atoms with Crippen LogP contribution in [0.25, 0.3) is 11.0 Å². The van der Waals surface area contributed by atoms with Gasteiger partial charge in [-0.15, -0.1) is 15.5 Å². The predicted molar refractivity (Wildman–Crippen MR) is 146 cm³/mol. The highest BCUT2D eigenvalue weighted by Crippen LogP contribution is 2.58. The molecule has 0 saturated heterocycles. The Balaban J connectivity index is 2.09. The second-order valence-corrected chi connectivity index (χ2v) is 12.5. The van der Waals surface area contributed by atoms with E-state index in [9.17, 15) is 19.3 Å². The van der Waals surface area contributed by atoms with Gasteiger partial charge in [-0.25, -0.2) is 0 Å². The number of terminal acetylenes is 1. The van der Waals surface area contributed by atoms with E-state index in [4.69, 9.17) is 39.9 Å². The van der Waals surface area contributed by atoms with Crippen molar-refractivity contribution >= 4 is 37.1 Å². The van der Waals surface area contributed by atoms with Gasteiger partial charge >= 0.3 is 20.1 Å². The maximum atomic E-state index is 12.3. The zero-order chi connectivity index (χ0) is 30.3. The lowest BCUT2D eigenvalue weighted by molar-refractivity contribution is -0.165. The number of aromatic amines is 1. The Labute approximate surface area is 233 Å². The molecule has 2 rings (SSSR count). The van der Waals surface area contributed by atoms with Crippen LogP contribution in [0.2, 0.25) is 0 Å². The predicted octanol–water partition coefficient (Wildman–Crippen LogP) is 2.51. The minimum absolute atomic E-state index is 0.0597. The molecule has 2 heterocycles. The number of anilines is 1. The quantitative estimate of drug-likeness (QED) is 0.135. The Morgan fingerprint density at radius 2 is 1.68 bits per heavy atom. The van der Waals surface area contributed by atoms with E-state index in [0.717, 1.165) is 0 Å². The molecule has 0 amide bonds. The third-order valence-corrected chi connectivity index (χ3v) is 6.72. The molecule has 0 bridgehead atoms. The molecule has 40 heavy (non-hydrogen) atoms. The van der Waals surface area contributed by atoms with E-state index in [1.54, 1.807) is 52.3 Å². The average Bonchev–Trinajstić information content (AvgIpc) is 3.20. The summed E-state index contributed by atoms with van der Waals surface area (Å²) in [6, 6.07) is 0. The number of methoxy groups -OCH3 is 1. The molecule has 0 aliphatic heterocycles. The highest BCUT2D eigenvalue weighted by atomic mass is 31.2. The van der Waals surface area contributed by atoms with Gasteiger partial charge in [0.2, 0.25) is 19.5 Å². The third-order valence-electron chi connectivity index (χ3n) is 5.39. The number of H-pyrrole nitrogens is 1. The SMILES string of the molecule is C#Cc1cn(CCC(CO[P+](O)(OCOC(=O)C(C)(C)C)OCOC(=O)C(C)(C)C)OC)c2nc(N)[nH]c(=O)c12. The summed E-state index contributed by atoms with van der Waals surface area (Å²) >= 11 is 0. The van der Waals surface area contributed by atoms with Crippen LogP contribution in [0, 0.1) is 23.2 Å². The van der Waals surface area contributed by atoms with Crippen LogP contribution < -0.4 is 11.3 Å². The first-order chi connectivity index (χ1) is 18.5. The smallest absolute Gasteiger partial charge is 0.433 e. The molecule has 0 fully saturated rings. The third kappa shape index (κ3) is 9.26. The Hall–Kier alpha value is -3.05. The normalized spacial score (nSPS) is 13.2. The molecule has 0 aliphatic rings. The molecule has 0 aliphatic carbocycles. The lowest BCUT2D eigenvalue weighted by Crippen LogP contribution is -2.26. The molecule has 1 atom stereocenters. The number of nitrogens with one attached hydrogen (secondary N) is 1. The van der Waals surface area contributed by atoms with E-state index >= 15 is 0 Å². The number of fused-ring (bicyclic) bond motifs is 1. The molecule has 222 valence electrons. The number of hydrogen-bond acceptors (Lipinski definition) is 12. The standard InChI is InChI=1S/C25H37N4O10P/c1-9-16-12-29(19-18(16)20(30)28-23(26)27-19)11-10-17(34-8)13-37-40(33,38-14-35-21(31)24(2,3)4)39-15-36-22(32)25(5,6)7/h1,12,17,33H,10-11,13-15H2,2-8H3,(H2-,26,27,28,30)/p+1. The second-order valence-electron chi connectivity index (χ2n) is 10.8. The van der Waals surface area contributed by atoms with E-state index in [1.807, 2.05) is 0 Å². The van der Waals surface area contributed by atoms with Crippen LogP contribution in [0.3, 0.4) is 0 Å². The number of carbonyl (C=O) groups is 2. The maximum absolute atomic E-state index is 12.3. The molecule has 2 aromatic rings. The summed E-state index contributed by atoms with van der Waals surface area (Å²) in [5, 5.41) is 0.235. The molecule has 0 spiro atoms. The summed E-state index contributed by atoms with van der Waals surface area (Å²) in [6.07, 6.45) is 6.85. The lowest BCUT2D eigenvalue weighted by atomic mass is 9.98. The van der Waals surface area contributed by atoms with Crippen molar-refractivity contribution in [1.29, 1.82) is 0 Å². The number of nitrogens with two attached hydrogens (primary N) is 1. The fraction of sp³-hybridized carbons (Fsp3) is 0.600. The molecule has 2 aromatic heterocycles. The molecule has 15 heteroatoms. The van der Waals surface area contributed by atoms with Gasteiger partial charge in [-0.3, -0.25) is 19.4 Å². The van der Waals surface area contributed by atoms with Crippen LogP contribution in [0.15, 0.2) is 11.0 Å². The first-order valence-electron chi connectivity index (χ1n) is 12.3. The summed E-state index contributed by atoms with van der Waals surface area (Å²) < 4.78 is 33.3. The first kappa shape index (κ1) is 33.2. The Bertz CT molecular complexity index is 1250. The summed E-state index contributed by atoms with van der Waals surface area (Å²) in [5.74, 6) is 1.25. The van der Waals surface area contributed by atoms with Crippen LogP contribution in [-0.4, -0.2) is 64.8 Å². The molecule has 4 N–H and O–H groups in total. The average molecular weight is 586 g/mol. The van der Waals surface area contributed by atoms with Crippen LogP contribution in [0.1, 0.15) is 53.5 Å². The number of esters is 2. The number of nitrogens with zero attached hydrogens (tertiary/aromatic N) is 2. The molecule has 14 nitrogen and oxygen atoms in total. The van der Waals surface area contributed by atoms with Crippen LogP contribution in [-0.2, 0) is 43.9 Å². The molecular formula is C25H38N4O10P+. The molecule has 0 aromatic carbocycles. The number of aromatic nitrogens is 3. The minimum Gasteiger partial charge on any atom is -0.433 e. The van der Waals surface area contributed by atoms with Gasteiger partial charge in [-0.2, -0.15) is 14.4 Å². The highest BCUT2D eigenvalue weighted by molar-refractivity contribution is 7.55. The number of hydrogen-bond donors (Lipinski definition) is 3. The number of nitrogen functional groups attached to an aromatic ring is 1. The van der Waals surface area contributed by atoms with Crippen molar-refractivity contribution in [2.75, 3.05) is 33.0 Å². The Kier molecular flexibility index (Phi) is 11.2. The van der Waals surface area contributed by atoms with Gasteiger partial charge < -0.3 is 24.5 Å². The van der Waals surface area contributed by atoms with Crippen LogP contribution in [0.5, 0.6) is 0 Å². The van der Waals surface area contributed by atoms with E-state index in [1.165, 1.54) is 7.11 Å². The summed E-state index contributed by atoms with van der Waals surface area (Å²) in [6.45, 7) is 8.64. The zero-order valence-electron chi connectivity index (χ0n) is 23.8. The van der Waals surface area contributed by atoms with Crippen molar-refractivity contribution in [3.63, 3.8) is 0 Å². The largest absolute Gasteiger partial charge is 0.579 e.